The average molecular weight is 1290 g/mol. The molecule has 0 bridgehead atoms. The van der Waals surface area contributed by atoms with Crippen LogP contribution in [0.15, 0.2) is 209 Å². The van der Waals surface area contributed by atoms with Gasteiger partial charge >= 0.3 is 0 Å². The Labute approximate surface area is 584 Å². The van der Waals surface area contributed by atoms with Crippen LogP contribution in [0.25, 0.3) is 77.3 Å². The van der Waals surface area contributed by atoms with Crippen LogP contribution in [0.2, 0.25) is 0 Å². The average Bonchev–Trinajstić information content (AvgIpc) is 1.51. The van der Waals surface area contributed by atoms with Gasteiger partial charge in [0.2, 0.25) is 0 Å². The van der Waals surface area contributed by atoms with Crippen molar-refractivity contribution in [3.8, 4) is 33.4 Å². The molecular weight excluding hydrogens is 1190 g/mol. The smallest absolute Gasteiger partial charge is 0.160 e. The van der Waals surface area contributed by atoms with E-state index in [0.29, 0.717) is 0 Å². The zero-order valence-corrected chi connectivity index (χ0v) is 59.7. The van der Waals surface area contributed by atoms with Crippen molar-refractivity contribution in [1.82, 2.24) is 0 Å². The Balaban J connectivity index is 0.971. The summed E-state index contributed by atoms with van der Waals surface area (Å²) in [7, 11) is 0. The standard InChI is InChI=1S/C94H102N2O2/c1-8-12-16-20-38-58-93(59-39-21-17-13-9-2)75-50-34-31-47-70(75)87-89(93)88-84(86-74-49-33-37-53-82(74)98-91(86)87)72-57-55-69(63-77(72)94(88,60-40-22-18-14-10-3)61-41-23-19-15-11-4)96(79-51-35-30-42-65(79)5)68-54-56-71-76(62-68)92(6,7)78-64-80(90-85(83(71)78)73-48-32-36-52-81(73)97-90)95(66-43-26-24-27-44-66)67-45-28-25-29-46-67/h24-37,42-57,62-64H,8-23,38-41,58-61H2,1-7H3. The molecule has 2 heterocycles. The number of fused-ring (bicyclic) bond motifs is 19. The lowest BCUT2D eigenvalue weighted by Crippen LogP contribution is -2.33. The van der Waals surface area contributed by atoms with Crippen LogP contribution in [-0.2, 0) is 16.2 Å². The van der Waals surface area contributed by atoms with Crippen LogP contribution in [0.3, 0.4) is 0 Å². The van der Waals surface area contributed by atoms with Gasteiger partial charge in [-0.2, -0.15) is 0 Å². The van der Waals surface area contributed by atoms with E-state index in [9.17, 15) is 0 Å². The van der Waals surface area contributed by atoms with Crippen LogP contribution >= 0.6 is 0 Å². The number of benzene rings is 10. The van der Waals surface area contributed by atoms with E-state index in [2.05, 4.69) is 258 Å². The van der Waals surface area contributed by atoms with Crippen molar-refractivity contribution in [2.24, 2.45) is 0 Å². The second-order valence-corrected chi connectivity index (χ2v) is 30.0. The van der Waals surface area contributed by atoms with Gasteiger partial charge in [-0.05, 0) is 172 Å². The Hall–Kier alpha value is -8.60. The first-order valence-electron chi connectivity index (χ1n) is 38.3. The van der Waals surface area contributed by atoms with Gasteiger partial charge in [0.05, 0.1) is 5.69 Å². The number of unbranched alkanes of at least 4 members (excludes halogenated alkanes) is 16. The molecule has 2 aromatic heterocycles. The Morgan fingerprint density at radius 3 is 1.29 bits per heavy atom. The number of nitrogens with zero attached hydrogens (tertiary/aromatic N) is 2. The summed E-state index contributed by atoms with van der Waals surface area (Å²) in [6, 6.07) is 76.1. The molecule has 0 saturated heterocycles. The fourth-order valence-electron chi connectivity index (χ4n) is 18.7. The van der Waals surface area contributed by atoms with Crippen molar-refractivity contribution < 1.29 is 8.83 Å². The molecule has 0 N–H and O–H groups in total. The zero-order valence-electron chi connectivity index (χ0n) is 59.7. The van der Waals surface area contributed by atoms with Crippen molar-refractivity contribution >= 4 is 78.0 Å². The third-order valence-electron chi connectivity index (χ3n) is 23.5. The fraction of sp³-hybridized carbons (Fsp3) is 0.362. The maximum atomic E-state index is 7.57. The predicted molar refractivity (Wildman–Crippen MR) is 419 cm³/mol. The highest BCUT2D eigenvalue weighted by molar-refractivity contribution is 6.22. The predicted octanol–water partition coefficient (Wildman–Crippen LogP) is 29.0. The summed E-state index contributed by atoms with van der Waals surface area (Å²) in [6.07, 6.45) is 29.8. The molecule has 4 heteroatoms. The second-order valence-electron chi connectivity index (χ2n) is 30.0. The van der Waals surface area contributed by atoms with Gasteiger partial charge in [-0.1, -0.05) is 297 Å². The molecule has 4 nitrogen and oxygen atoms in total. The number of hydrogen-bond donors (Lipinski definition) is 0. The van der Waals surface area contributed by atoms with Crippen LogP contribution in [-0.4, -0.2) is 0 Å². The van der Waals surface area contributed by atoms with Crippen molar-refractivity contribution in [2.45, 2.75) is 219 Å². The quantitative estimate of drug-likeness (QED) is 0.0420. The number of hydrogen-bond acceptors (Lipinski definition) is 4. The SMILES string of the molecule is CCCCCCCC1(CCCCCCC)c2ccccc2-c2c1c1c(c3c2oc2ccccc23)-c2ccc(N(c3ccc4c(c3)C(C)(C)c3cc(N(c5ccccc5)c5ccccc5)c5oc6ccccc6c5c3-4)c3ccccc3C)cc2C1(CCCCCCC)CCCCCCC. The lowest BCUT2D eigenvalue weighted by atomic mass is 9.62. The minimum absolute atomic E-state index is 0.152. The monoisotopic (exact) mass is 1290 g/mol. The summed E-state index contributed by atoms with van der Waals surface area (Å²) in [4.78, 5) is 5.04. The molecule has 15 rings (SSSR count). The van der Waals surface area contributed by atoms with Gasteiger partial charge in [-0.25, -0.2) is 0 Å². The second kappa shape index (κ2) is 28.0. The summed E-state index contributed by atoms with van der Waals surface area (Å²) in [5.74, 6) is 0. The van der Waals surface area contributed by atoms with E-state index >= 15 is 0 Å². The third kappa shape index (κ3) is 11.2. The number of furan rings is 2. The van der Waals surface area contributed by atoms with Gasteiger partial charge in [0.1, 0.15) is 16.7 Å². The van der Waals surface area contributed by atoms with Crippen LogP contribution in [0.1, 0.15) is 235 Å². The maximum absolute atomic E-state index is 7.57. The van der Waals surface area contributed by atoms with Gasteiger partial charge < -0.3 is 18.6 Å². The number of para-hydroxylation sites is 5. The summed E-state index contributed by atoms with van der Waals surface area (Å²) in [5.41, 5.74) is 28.5. The first kappa shape index (κ1) is 65.3. The van der Waals surface area contributed by atoms with Crippen LogP contribution in [0.4, 0.5) is 34.1 Å². The van der Waals surface area contributed by atoms with Crippen molar-refractivity contribution in [1.29, 1.82) is 0 Å². The minimum Gasteiger partial charge on any atom is -0.455 e. The van der Waals surface area contributed by atoms with E-state index in [0.717, 1.165) is 57.6 Å². The highest BCUT2D eigenvalue weighted by atomic mass is 16.3. The molecule has 0 spiro atoms. The Bertz CT molecular complexity index is 4760. The molecule has 12 aromatic rings. The van der Waals surface area contributed by atoms with Gasteiger partial charge in [-0.3, -0.25) is 0 Å². The van der Waals surface area contributed by atoms with Crippen LogP contribution in [0, 0.1) is 6.92 Å². The van der Waals surface area contributed by atoms with Gasteiger partial charge in [-0.15, -0.1) is 0 Å². The van der Waals surface area contributed by atoms with Crippen molar-refractivity contribution in [2.75, 3.05) is 9.80 Å². The van der Waals surface area contributed by atoms with E-state index in [1.165, 1.54) is 230 Å². The first-order valence-corrected chi connectivity index (χ1v) is 38.3. The molecular formula is C94H102N2O2. The molecule has 3 aliphatic rings. The zero-order chi connectivity index (χ0) is 67.0. The molecule has 500 valence electrons. The lowest BCUT2D eigenvalue weighted by molar-refractivity contribution is 0.369. The van der Waals surface area contributed by atoms with Gasteiger partial charge in [0.15, 0.2) is 5.58 Å². The number of aryl methyl sites for hydroxylation is 1. The van der Waals surface area contributed by atoms with Crippen molar-refractivity contribution in [3.05, 3.63) is 239 Å². The Morgan fingerprint density at radius 2 is 0.735 bits per heavy atom. The molecule has 0 saturated carbocycles. The summed E-state index contributed by atoms with van der Waals surface area (Å²) in [5, 5.41) is 4.88. The minimum atomic E-state index is -0.391. The highest BCUT2D eigenvalue weighted by Gasteiger charge is 2.54. The van der Waals surface area contributed by atoms with E-state index < -0.39 is 5.41 Å². The van der Waals surface area contributed by atoms with Gasteiger partial charge in [0.25, 0.3) is 0 Å². The van der Waals surface area contributed by atoms with E-state index in [1.54, 1.807) is 16.7 Å². The van der Waals surface area contributed by atoms with E-state index in [1.807, 2.05) is 0 Å². The summed E-state index contributed by atoms with van der Waals surface area (Å²) >= 11 is 0. The molecule has 0 fully saturated rings. The molecule has 0 amide bonds. The maximum Gasteiger partial charge on any atom is 0.160 e. The molecule has 0 radical (unpaired) electrons. The molecule has 98 heavy (non-hydrogen) atoms. The van der Waals surface area contributed by atoms with E-state index in [4.69, 9.17) is 8.83 Å². The highest BCUT2D eigenvalue weighted by Crippen LogP contribution is 2.68. The molecule has 0 atom stereocenters. The molecule has 10 aromatic carbocycles. The largest absolute Gasteiger partial charge is 0.455 e. The van der Waals surface area contributed by atoms with Crippen LogP contribution in [0.5, 0.6) is 0 Å². The molecule has 0 unspecified atom stereocenters. The summed E-state index contributed by atoms with van der Waals surface area (Å²) < 4.78 is 14.7. The first-order chi connectivity index (χ1) is 48.2. The van der Waals surface area contributed by atoms with E-state index in [-0.39, 0.29) is 10.8 Å². The van der Waals surface area contributed by atoms with Crippen LogP contribution < -0.4 is 9.80 Å². The summed E-state index contributed by atoms with van der Waals surface area (Å²) in [6.45, 7) is 16.7. The number of anilines is 6. The normalized spacial score (nSPS) is 14.3. The van der Waals surface area contributed by atoms with Crippen molar-refractivity contribution in [3.63, 3.8) is 0 Å². The lowest BCUT2D eigenvalue weighted by Gasteiger charge is -2.40. The van der Waals surface area contributed by atoms with Gasteiger partial charge in [0, 0.05) is 71.8 Å². The Kier molecular flexibility index (Phi) is 18.6. The topological polar surface area (TPSA) is 32.8 Å². The Morgan fingerprint density at radius 1 is 0.316 bits per heavy atom. The molecule has 0 aliphatic heterocycles. The number of rotatable bonds is 30. The molecule has 3 aliphatic carbocycles. The third-order valence-corrected chi connectivity index (χ3v) is 23.5. The fourth-order valence-corrected chi connectivity index (χ4v) is 18.7.